The minimum atomic E-state index is -3.52. The molecule has 1 aliphatic rings. The van der Waals surface area contributed by atoms with Crippen LogP contribution in [-0.2, 0) is 10.0 Å². The summed E-state index contributed by atoms with van der Waals surface area (Å²) in [6, 6.07) is 8.10. The summed E-state index contributed by atoms with van der Waals surface area (Å²) < 4.78 is 32.0. The van der Waals surface area contributed by atoms with E-state index < -0.39 is 10.0 Å². The normalized spacial score (nSPS) is 16.0. The SMILES string of the molecule is COc1ccc(S(=O)(=O)N2CCN(c3nc(C)cc(Cl)n3)CC2)cc1. The second-order valence-electron chi connectivity index (χ2n) is 5.70. The smallest absolute Gasteiger partial charge is 0.243 e. The fraction of sp³-hybridized carbons (Fsp3) is 0.375. The number of nitrogens with zero attached hydrogens (tertiary/aromatic N) is 4. The predicted molar refractivity (Wildman–Crippen MR) is 95.7 cm³/mol. The van der Waals surface area contributed by atoms with Crippen molar-refractivity contribution >= 4 is 27.6 Å². The number of rotatable bonds is 4. The molecule has 2 heterocycles. The number of ether oxygens (including phenoxy) is 1. The van der Waals surface area contributed by atoms with Crippen molar-refractivity contribution in [1.82, 2.24) is 14.3 Å². The van der Waals surface area contributed by atoms with Crippen LogP contribution in [0.5, 0.6) is 5.75 Å². The molecule has 9 heteroatoms. The molecule has 1 saturated heterocycles. The molecule has 0 aliphatic carbocycles. The van der Waals surface area contributed by atoms with E-state index in [1.807, 2.05) is 11.8 Å². The molecule has 25 heavy (non-hydrogen) atoms. The Morgan fingerprint density at radius 1 is 1.08 bits per heavy atom. The van der Waals surface area contributed by atoms with Crippen molar-refractivity contribution in [2.24, 2.45) is 0 Å². The van der Waals surface area contributed by atoms with Gasteiger partial charge in [0.2, 0.25) is 16.0 Å². The summed E-state index contributed by atoms with van der Waals surface area (Å²) in [5.41, 5.74) is 0.781. The first-order valence-electron chi connectivity index (χ1n) is 7.80. The zero-order chi connectivity index (χ0) is 18.0. The van der Waals surface area contributed by atoms with Crippen LogP contribution in [0, 0.1) is 6.92 Å². The number of hydrogen-bond acceptors (Lipinski definition) is 6. The van der Waals surface area contributed by atoms with Gasteiger partial charge >= 0.3 is 0 Å². The van der Waals surface area contributed by atoms with Crippen LogP contribution < -0.4 is 9.64 Å². The summed E-state index contributed by atoms with van der Waals surface area (Å²) in [7, 11) is -1.98. The standard InChI is InChI=1S/C16H19ClN4O3S/c1-12-11-15(17)19-16(18-12)20-7-9-21(10-8-20)25(22,23)14-5-3-13(24-2)4-6-14/h3-6,11H,7-10H2,1-2H3. The summed E-state index contributed by atoms with van der Waals surface area (Å²) in [4.78, 5) is 10.8. The lowest BCUT2D eigenvalue weighted by atomic mass is 10.3. The Balaban J connectivity index is 1.72. The van der Waals surface area contributed by atoms with Gasteiger partial charge in [-0.25, -0.2) is 18.4 Å². The number of sulfonamides is 1. The molecule has 1 aromatic heterocycles. The van der Waals surface area contributed by atoms with Crippen molar-refractivity contribution in [3.05, 3.63) is 41.2 Å². The summed E-state index contributed by atoms with van der Waals surface area (Å²) in [6.07, 6.45) is 0. The number of aromatic nitrogens is 2. The van der Waals surface area contributed by atoms with Crippen molar-refractivity contribution in [2.75, 3.05) is 38.2 Å². The zero-order valence-corrected chi connectivity index (χ0v) is 15.6. The maximum Gasteiger partial charge on any atom is 0.243 e. The first-order chi connectivity index (χ1) is 11.9. The second-order valence-corrected chi connectivity index (χ2v) is 8.02. The highest BCUT2D eigenvalue weighted by molar-refractivity contribution is 7.89. The third-order valence-corrected chi connectivity index (χ3v) is 6.14. The Labute approximate surface area is 152 Å². The monoisotopic (exact) mass is 382 g/mol. The van der Waals surface area contributed by atoms with E-state index in [-0.39, 0.29) is 4.90 Å². The first-order valence-corrected chi connectivity index (χ1v) is 9.62. The van der Waals surface area contributed by atoms with Crippen molar-refractivity contribution in [3.63, 3.8) is 0 Å². The Bertz CT molecular complexity index is 830. The summed E-state index contributed by atoms with van der Waals surface area (Å²) in [5.74, 6) is 1.16. The second kappa shape index (κ2) is 7.15. The van der Waals surface area contributed by atoms with Gasteiger partial charge in [-0.05, 0) is 37.3 Å². The van der Waals surface area contributed by atoms with Crippen molar-refractivity contribution < 1.29 is 13.2 Å². The van der Waals surface area contributed by atoms with Crippen LogP contribution in [0.15, 0.2) is 35.2 Å². The molecule has 0 saturated carbocycles. The van der Waals surface area contributed by atoms with Crippen LogP contribution in [0.3, 0.4) is 0 Å². The summed E-state index contributed by atoms with van der Waals surface area (Å²) >= 11 is 5.98. The van der Waals surface area contributed by atoms with E-state index in [2.05, 4.69) is 9.97 Å². The van der Waals surface area contributed by atoms with E-state index in [1.165, 1.54) is 4.31 Å². The summed E-state index contributed by atoms with van der Waals surface area (Å²) in [5, 5.41) is 0.385. The van der Waals surface area contributed by atoms with E-state index in [9.17, 15) is 8.42 Å². The van der Waals surface area contributed by atoms with Gasteiger partial charge in [-0.2, -0.15) is 4.31 Å². The molecule has 1 aliphatic heterocycles. The van der Waals surface area contributed by atoms with E-state index >= 15 is 0 Å². The number of methoxy groups -OCH3 is 1. The average Bonchev–Trinajstić information content (AvgIpc) is 2.61. The minimum absolute atomic E-state index is 0.261. The fourth-order valence-electron chi connectivity index (χ4n) is 2.68. The minimum Gasteiger partial charge on any atom is -0.497 e. The van der Waals surface area contributed by atoms with Gasteiger partial charge in [0, 0.05) is 31.9 Å². The molecular formula is C16H19ClN4O3S. The largest absolute Gasteiger partial charge is 0.497 e. The van der Waals surface area contributed by atoms with Gasteiger partial charge < -0.3 is 9.64 Å². The van der Waals surface area contributed by atoms with Crippen LogP contribution in [0.2, 0.25) is 5.15 Å². The van der Waals surface area contributed by atoms with Crippen molar-refractivity contribution in [1.29, 1.82) is 0 Å². The zero-order valence-electron chi connectivity index (χ0n) is 14.0. The highest BCUT2D eigenvalue weighted by Gasteiger charge is 2.29. The molecule has 134 valence electrons. The molecule has 0 unspecified atom stereocenters. The van der Waals surface area contributed by atoms with Crippen LogP contribution in [0.25, 0.3) is 0 Å². The van der Waals surface area contributed by atoms with Gasteiger partial charge in [-0.15, -0.1) is 0 Å². The van der Waals surface area contributed by atoms with E-state index in [0.717, 1.165) is 5.69 Å². The Hall–Kier alpha value is -1.90. The number of halogens is 1. The molecule has 0 amide bonds. The number of piperazine rings is 1. The molecule has 3 rings (SSSR count). The topological polar surface area (TPSA) is 75.6 Å². The predicted octanol–water partition coefficient (Wildman–Crippen LogP) is 1.96. The third-order valence-electron chi connectivity index (χ3n) is 4.03. The molecule has 2 aromatic rings. The van der Waals surface area contributed by atoms with E-state index in [4.69, 9.17) is 16.3 Å². The number of aryl methyl sites for hydroxylation is 1. The van der Waals surface area contributed by atoms with Gasteiger partial charge in [-0.1, -0.05) is 11.6 Å². The highest BCUT2D eigenvalue weighted by Crippen LogP contribution is 2.22. The lowest BCUT2D eigenvalue weighted by Crippen LogP contribution is -2.49. The Morgan fingerprint density at radius 3 is 2.28 bits per heavy atom. The Kier molecular flexibility index (Phi) is 5.12. The highest BCUT2D eigenvalue weighted by atomic mass is 35.5. The van der Waals surface area contributed by atoms with Crippen molar-refractivity contribution in [2.45, 2.75) is 11.8 Å². The number of hydrogen-bond donors (Lipinski definition) is 0. The van der Waals surface area contributed by atoms with Gasteiger partial charge in [-0.3, -0.25) is 0 Å². The molecule has 0 N–H and O–H groups in total. The first kappa shape index (κ1) is 17.9. The third kappa shape index (κ3) is 3.86. The molecule has 0 radical (unpaired) electrons. The van der Waals surface area contributed by atoms with E-state index in [0.29, 0.717) is 43.0 Å². The maximum atomic E-state index is 12.8. The van der Waals surface area contributed by atoms with Crippen molar-refractivity contribution in [3.8, 4) is 5.75 Å². The molecule has 1 fully saturated rings. The quantitative estimate of drug-likeness (QED) is 0.752. The fourth-order valence-corrected chi connectivity index (χ4v) is 4.34. The van der Waals surface area contributed by atoms with Gasteiger partial charge in [0.1, 0.15) is 10.9 Å². The number of benzene rings is 1. The van der Waals surface area contributed by atoms with Gasteiger partial charge in [0.05, 0.1) is 12.0 Å². The lowest BCUT2D eigenvalue weighted by molar-refractivity contribution is 0.382. The van der Waals surface area contributed by atoms with Crippen LogP contribution >= 0.6 is 11.6 Å². The molecule has 7 nitrogen and oxygen atoms in total. The van der Waals surface area contributed by atoms with Crippen LogP contribution in [0.4, 0.5) is 5.95 Å². The van der Waals surface area contributed by atoms with Gasteiger partial charge in [0.15, 0.2) is 0 Å². The van der Waals surface area contributed by atoms with E-state index in [1.54, 1.807) is 37.4 Å². The average molecular weight is 383 g/mol. The number of anilines is 1. The molecule has 0 bridgehead atoms. The van der Waals surface area contributed by atoms with Gasteiger partial charge in [0.25, 0.3) is 0 Å². The molecule has 0 spiro atoms. The van der Waals surface area contributed by atoms with Crippen LogP contribution in [0.1, 0.15) is 5.69 Å². The lowest BCUT2D eigenvalue weighted by Gasteiger charge is -2.34. The molecule has 0 atom stereocenters. The summed E-state index contributed by atoms with van der Waals surface area (Å²) in [6.45, 7) is 3.60. The maximum absolute atomic E-state index is 12.8. The Morgan fingerprint density at radius 2 is 1.72 bits per heavy atom. The molecular weight excluding hydrogens is 364 g/mol. The van der Waals surface area contributed by atoms with Crippen LogP contribution in [-0.4, -0.2) is 56.0 Å². The molecule has 1 aromatic carbocycles.